The smallest absolute Gasteiger partial charge is 0.222 e. The zero-order valence-corrected chi connectivity index (χ0v) is 11.4. The van der Waals surface area contributed by atoms with E-state index in [1.165, 1.54) is 0 Å². The SMILES string of the molecule is CN(C(=O)CCc1ccccc1Cl)[C@H]1CCNC1. The second-order valence-electron chi connectivity index (χ2n) is 4.74. The second-order valence-corrected chi connectivity index (χ2v) is 5.15. The van der Waals surface area contributed by atoms with Gasteiger partial charge in [0.05, 0.1) is 0 Å². The number of rotatable bonds is 4. The first-order valence-electron chi connectivity index (χ1n) is 6.38. The Balaban J connectivity index is 1.86. The largest absolute Gasteiger partial charge is 0.341 e. The van der Waals surface area contributed by atoms with Crippen LogP contribution in [0.1, 0.15) is 18.4 Å². The first-order valence-corrected chi connectivity index (χ1v) is 6.76. The first-order chi connectivity index (χ1) is 8.68. The van der Waals surface area contributed by atoms with Gasteiger partial charge in [0.25, 0.3) is 0 Å². The Morgan fingerprint density at radius 3 is 2.94 bits per heavy atom. The lowest BCUT2D eigenvalue weighted by Crippen LogP contribution is -2.38. The molecule has 1 atom stereocenters. The zero-order chi connectivity index (χ0) is 13.0. The van der Waals surface area contributed by atoms with Crippen LogP contribution in [0.5, 0.6) is 0 Å². The maximum Gasteiger partial charge on any atom is 0.222 e. The molecule has 1 N–H and O–H groups in total. The Kier molecular flexibility index (Phi) is 4.61. The minimum atomic E-state index is 0.198. The Labute approximate surface area is 113 Å². The monoisotopic (exact) mass is 266 g/mol. The second kappa shape index (κ2) is 6.21. The van der Waals surface area contributed by atoms with E-state index in [4.69, 9.17) is 11.6 Å². The van der Waals surface area contributed by atoms with Crippen LogP contribution in [0.25, 0.3) is 0 Å². The molecule has 0 bridgehead atoms. The van der Waals surface area contributed by atoms with Crippen molar-refractivity contribution in [3.05, 3.63) is 34.9 Å². The number of benzene rings is 1. The maximum atomic E-state index is 12.1. The van der Waals surface area contributed by atoms with Crippen molar-refractivity contribution in [2.75, 3.05) is 20.1 Å². The number of carbonyl (C=O) groups excluding carboxylic acids is 1. The maximum absolute atomic E-state index is 12.1. The molecule has 98 valence electrons. The average Bonchev–Trinajstić information content (AvgIpc) is 2.90. The van der Waals surface area contributed by atoms with Crippen LogP contribution in [0, 0.1) is 0 Å². The van der Waals surface area contributed by atoms with Crippen LogP contribution in [0.2, 0.25) is 5.02 Å². The van der Waals surface area contributed by atoms with Crippen molar-refractivity contribution in [2.45, 2.75) is 25.3 Å². The van der Waals surface area contributed by atoms with E-state index in [1.807, 2.05) is 36.2 Å². The summed E-state index contributed by atoms with van der Waals surface area (Å²) < 4.78 is 0. The van der Waals surface area contributed by atoms with Crippen LogP contribution in [0.4, 0.5) is 0 Å². The molecule has 3 nitrogen and oxygen atoms in total. The summed E-state index contributed by atoms with van der Waals surface area (Å²) in [5.74, 6) is 0.198. The molecule has 0 spiro atoms. The van der Waals surface area contributed by atoms with Gasteiger partial charge in [-0.15, -0.1) is 0 Å². The summed E-state index contributed by atoms with van der Waals surface area (Å²) in [4.78, 5) is 13.9. The molecular formula is C14H19ClN2O. The number of carbonyl (C=O) groups is 1. The molecule has 1 aromatic rings. The van der Waals surface area contributed by atoms with Crippen LogP contribution in [-0.4, -0.2) is 37.0 Å². The first kappa shape index (κ1) is 13.4. The summed E-state index contributed by atoms with van der Waals surface area (Å²) in [7, 11) is 1.90. The van der Waals surface area contributed by atoms with Gasteiger partial charge in [0.2, 0.25) is 5.91 Å². The third-order valence-corrected chi connectivity index (χ3v) is 3.91. The summed E-state index contributed by atoms with van der Waals surface area (Å²) in [6.45, 7) is 1.92. The van der Waals surface area contributed by atoms with Gasteiger partial charge >= 0.3 is 0 Å². The molecule has 1 fully saturated rings. The van der Waals surface area contributed by atoms with Gasteiger partial charge in [0.1, 0.15) is 0 Å². The van der Waals surface area contributed by atoms with Gasteiger partial charge in [-0.25, -0.2) is 0 Å². The van der Waals surface area contributed by atoms with E-state index in [1.54, 1.807) is 0 Å². The van der Waals surface area contributed by atoms with Crippen molar-refractivity contribution in [3.8, 4) is 0 Å². The molecule has 18 heavy (non-hydrogen) atoms. The third kappa shape index (κ3) is 3.24. The fourth-order valence-electron chi connectivity index (χ4n) is 2.29. The zero-order valence-electron chi connectivity index (χ0n) is 10.7. The Morgan fingerprint density at radius 1 is 1.50 bits per heavy atom. The average molecular weight is 267 g/mol. The molecule has 2 rings (SSSR count). The van der Waals surface area contributed by atoms with E-state index in [9.17, 15) is 4.79 Å². The van der Waals surface area contributed by atoms with Crippen LogP contribution < -0.4 is 5.32 Å². The number of amides is 1. The highest BCUT2D eigenvalue weighted by Crippen LogP contribution is 2.17. The molecule has 1 amide bonds. The molecule has 1 aromatic carbocycles. The van der Waals surface area contributed by atoms with E-state index in [0.29, 0.717) is 18.9 Å². The van der Waals surface area contributed by atoms with E-state index in [0.717, 1.165) is 30.1 Å². The third-order valence-electron chi connectivity index (χ3n) is 3.54. The summed E-state index contributed by atoms with van der Waals surface area (Å²) in [6, 6.07) is 8.06. The number of nitrogens with zero attached hydrogens (tertiary/aromatic N) is 1. The van der Waals surface area contributed by atoms with Crippen LogP contribution in [0.3, 0.4) is 0 Å². The van der Waals surface area contributed by atoms with Crippen molar-refractivity contribution in [1.82, 2.24) is 10.2 Å². The van der Waals surface area contributed by atoms with Crippen molar-refractivity contribution in [3.63, 3.8) is 0 Å². The highest BCUT2D eigenvalue weighted by molar-refractivity contribution is 6.31. The lowest BCUT2D eigenvalue weighted by atomic mass is 10.1. The molecule has 1 aliphatic rings. The molecule has 0 aromatic heterocycles. The van der Waals surface area contributed by atoms with Gasteiger partial charge in [-0.3, -0.25) is 4.79 Å². The fraction of sp³-hybridized carbons (Fsp3) is 0.500. The molecule has 0 unspecified atom stereocenters. The highest BCUT2D eigenvalue weighted by Gasteiger charge is 2.22. The summed E-state index contributed by atoms with van der Waals surface area (Å²) in [5.41, 5.74) is 1.05. The van der Waals surface area contributed by atoms with Crippen molar-refractivity contribution >= 4 is 17.5 Å². The number of likely N-dealkylation sites (N-methyl/N-ethyl adjacent to an activating group) is 1. The normalized spacial score (nSPS) is 18.9. The van der Waals surface area contributed by atoms with Crippen LogP contribution >= 0.6 is 11.6 Å². The minimum absolute atomic E-state index is 0.198. The van der Waals surface area contributed by atoms with E-state index in [-0.39, 0.29) is 5.91 Å². The van der Waals surface area contributed by atoms with E-state index in [2.05, 4.69) is 5.32 Å². The van der Waals surface area contributed by atoms with Gasteiger partial charge in [-0.05, 0) is 31.0 Å². The molecule has 1 aliphatic heterocycles. The Hall–Kier alpha value is -1.06. The van der Waals surface area contributed by atoms with Crippen molar-refractivity contribution < 1.29 is 4.79 Å². The number of nitrogens with one attached hydrogen (secondary N) is 1. The fourth-order valence-corrected chi connectivity index (χ4v) is 2.52. The molecule has 1 saturated heterocycles. The number of halogens is 1. The summed E-state index contributed by atoms with van der Waals surface area (Å²) in [5, 5.41) is 4.02. The number of hydrogen-bond acceptors (Lipinski definition) is 2. The molecule has 0 saturated carbocycles. The predicted octanol–water partition coefficient (Wildman–Crippen LogP) is 2.09. The van der Waals surface area contributed by atoms with E-state index >= 15 is 0 Å². The minimum Gasteiger partial charge on any atom is -0.341 e. The van der Waals surface area contributed by atoms with Gasteiger partial charge in [0, 0.05) is 31.1 Å². The molecular weight excluding hydrogens is 248 g/mol. The highest BCUT2D eigenvalue weighted by atomic mass is 35.5. The topological polar surface area (TPSA) is 32.3 Å². The summed E-state index contributed by atoms with van der Waals surface area (Å²) >= 11 is 6.08. The van der Waals surface area contributed by atoms with E-state index < -0.39 is 0 Å². The van der Waals surface area contributed by atoms with Crippen LogP contribution in [-0.2, 0) is 11.2 Å². The van der Waals surface area contributed by atoms with Gasteiger partial charge in [-0.2, -0.15) is 0 Å². The number of aryl methyl sites for hydroxylation is 1. The molecule has 0 aliphatic carbocycles. The van der Waals surface area contributed by atoms with Crippen molar-refractivity contribution in [2.24, 2.45) is 0 Å². The lowest BCUT2D eigenvalue weighted by Gasteiger charge is -2.23. The van der Waals surface area contributed by atoms with Gasteiger partial charge in [0.15, 0.2) is 0 Å². The molecule has 1 heterocycles. The Bertz CT molecular complexity index is 416. The lowest BCUT2D eigenvalue weighted by molar-refractivity contribution is -0.131. The van der Waals surface area contributed by atoms with Gasteiger partial charge < -0.3 is 10.2 Å². The molecule has 4 heteroatoms. The molecule has 0 radical (unpaired) electrons. The standard InChI is InChI=1S/C14H19ClN2O/c1-17(12-8-9-16-10-12)14(18)7-6-11-4-2-3-5-13(11)15/h2-5,12,16H,6-10H2,1H3/t12-/m0/s1. The number of hydrogen-bond donors (Lipinski definition) is 1. The quantitative estimate of drug-likeness (QED) is 0.905. The van der Waals surface area contributed by atoms with Crippen molar-refractivity contribution in [1.29, 1.82) is 0 Å². The van der Waals surface area contributed by atoms with Gasteiger partial charge in [-0.1, -0.05) is 29.8 Å². The summed E-state index contributed by atoms with van der Waals surface area (Å²) in [6.07, 6.45) is 2.29. The van der Waals surface area contributed by atoms with Crippen LogP contribution in [0.15, 0.2) is 24.3 Å². The Morgan fingerprint density at radius 2 is 2.28 bits per heavy atom. The predicted molar refractivity (Wildman–Crippen MR) is 73.8 cm³/mol.